The molecule has 0 aliphatic carbocycles. The summed E-state index contributed by atoms with van der Waals surface area (Å²) in [6.45, 7) is 20.0. The number of hydrogen-bond donors (Lipinski definition) is 0. The Balaban J connectivity index is 0.00000117. The topological polar surface area (TPSA) is 26.8 Å². The maximum Gasteiger partial charge on any atom is 0.225 e. The molecule has 3 aliphatic heterocycles. The fourth-order valence-electron chi connectivity index (χ4n) is 4.79. The summed E-state index contributed by atoms with van der Waals surface area (Å²) in [5.74, 6) is 3.23. The first-order valence-electron chi connectivity index (χ1n) is 11.3. The van der Waals surface area contributed by atoms with Crippen molar-refractivity contribution in [2.75, 3.05) is 52.4 Å². The Hall–Kier alpha value is -0.610. The third kappa shape index (κ3) is 5.69. The van der Waals surface area contributed by atoms with Crippen molar-refractivity contribution in [1.82, 2.24) is 14.7 Å². The van der Waals surface area contributed by atoms with Crippen LogP contribution in [0.25, 0.3) is 0 Å². The summed E-state index contributed by atoms with van der Waals surface area (Å²) < 4.78 is 0. The van der Waals surface area contributed by atoms with Crippen molar-refractivity contribution in [3.05, 3.63) is 0 Å². The van der Waals surface area contributed by atoms with Gasteiger partial charge in [0, 0.05) is 31.5 Å². The lowest BCUT2D eigenvalue weighted by Crippen LogP contribution is -2.56. The zero-order chi connectivity index (χ0) is 19.1. The summed E-state index contributed by atoms with van der Waals surface area (Å²) in [5, 5.41) is 0. The highest BCUT2D eigenvalue weighted by Crippen LogP contribution is 2.28. The van der Waals surface area contributed by atoms with Crippen LogP contribution >= 0.6 is 0 Å². The average Bonchev–Trinajstić information content (AvgIpc) is 2.66. The van der Waals surface area contributed by atoms with Crippen molar-refractivity contribution in [2.24, 2.45) is 23.7 Å². The molecule has 0 aromatic heterocycles. The lowest BCUT2D eigenvalue weighted by Gasteiger charge is -2.45. The van der Waals surface area contributed by atoms with E-state index in [1.807, 2.05) is 13.8 Å². The fraction of sp³-hybridized carbons (Fsp3) is 0.955. The van der Waals surface area contributed by atoms with Crippen LogP contribution in [0.5, 0.6) is 0 Å². The highest BCUT2D eigenvalue weighted by atomic mass is 16.2. The minimum absolute atomic E-state index is 0.301. The predicted molar refractivity (Wildman–Crippen MR) is 110 cm³/mol. The molecule has 4 nitrogen and oxygen atoms in total. The molecule has 3 saturated heterocycles. The normalized spacial score (nSPS) is 24.3. The molecule has 3 aliphatic rings. The number of nitrogens with zero attached hydrogens (tertiary/aromatic N) is 3. The Kier molecular flexibility index (Phi) is 8.89. The van der Waals surface area contributed by atoms with Crippen LogP contribution in [0.3, 0.4) is 0 Å². The molecule has 0 radical (unpaired) electrons. The smallest absolute Gasteiger partial charge is 0.225 e. The van der Waals surface area contributed by atoms with Crippen LogP contribution < -0.4 is 0 Å². The van der Waals surface area contributed by atoms with Gasteiger partial charge in [0.1, 0.15) is 0 Å². The number of likely N-dealkylation sites (tertiary alicyclic amines) is 3. The van der Waals surface area contributed by atoms with Crippen molar-refractivity contribution >= 4 is 5.91 Å². The van der Waals surface area contributed by atoms with E-state index in [9.17, 15) is 4.79 Å². The predicted octanol–water partition coefficient (Wildman–Crippen LogP) is 3.57. The average molecular weight is 366 g/mol. The van der Waals surface area contributed by atoms with Crippen LogP contribution in [0.2, 0.25) is 0 Å². The van der Waals surface area contributed by atoms with Gasteiger partial charge in [-0.15, -0.1) is 0 Å². The molecule has 0 aromatic carbocycles. The zero-order valence-electron chi connectivity index (χ0n) is 18.0. The van der Waals surface area contributed by atoms with Crippen LogP contribution in [0.4, 0.5) is 0 Å². The van der Waals surface area contributed by atoms with Crippen LogP contribution in [0.1, 0.15) is 60.3 Å². The number of piperidine rings is 2. The van der Waals surface area contributed by atoms with Gasteiger partial charge in [-0.3, -0.25) is 4.79 Å². The second kappa shape index (κ2) is 10.7. The first-order chi connectivity index (χ1) is 12.6. The number of amides is 1. The molecular weight excluding hydrogens is 322 g/mol. The van der Waals surface area contributed by atoms with E-state index < -0.39 is 0 Å². The van der Waals surface area contributed by atoms with Crippen LogP contribution in [0, 0.1) is 23.7 Å². The first-order valence-corrected chi connectivity index (χ1v) is 11.3. The molecule has 0 unspecified atom stereocenters. The molecule has 0 saturated carbocycles. The molecule has 0 aromatic rings. The van der Waals surface area contributed by atoms with Gasteiger partial charge >= 0.3 is 0 Å². The van der Waals surface area contributed by atoms with Gasteiger partial charge in [-0.2, -0.15) is 0 Å². The molecule has 152 valence electrons. The van der Waals surface area contributed by atoms with E-state index >= 15 is 0 Å². The molecule has 4 heteroatoms. The van der Waals surface area contributed by atoms with Gasteiger partial charge < -0.3 is 14.7 Å². The van der Waals surface area contributed by atoms with Crippen LogP contribution in [0.15, 0.2) is 0 Å². The Bertz CT molecular complexity index is 404. The highest BCUT2D eigenvalue weighted by Gasteiger charge is 2.36. The van der Waals surface area contributed by atoms with Gasteiger partial charge in [-0.25, -0.2) is 0 Å². The number of rotatable bonds is 5. The SMILES string of the molecule is CC.CCN1CCC(C(=O)N2CC(CN3CCC(C(C)C)CC3)C2)CC1. The minimum Gasteiger partial charge on any atom is -0.342 e. The summed E-state index contributed by atoms with van der Waals surface area (Å²) in [4.78, 5) is 19.9. The molecule has 3 heterocycles. The third-order valence-electron chi connectivity index (χ3n) is 6.74. The molecular formula is C22H43N3O. The standard InChI is InChI=1S/C20H37N3O.C2H6/c1-4-21-9-7-19(8-10-21)20(24)23-14-17(15-23)13-22-11-5-18(6-12-22)16(2)3;1-2/h16-19H,4-15H2,1-3H3;1-2H3. The van der Waals surface area contributed by atoms with Crippen molar-refractivity contribution < 1.29 is 4.79 Å². The van der Waals surface area contributed by atoms with Crippen molar-refractivity contribution in [1.29, 1.82) is 0 Å². The highest BCUT2D eigenvalue weighted by molar-refractivity contribution is 5.79. The number of carbonyl (C=O) groups is 1. The van der Waals surface area contributed by atoms with E-state index in [1.54, 1.807) is 0 Å². The molecule has 3 rings (SSSR count). The summed E-state index contributed by atoms with van der Waals surface area (Å²) in [5.41, 5.74) is 0. The Morgan fingerprint density at radius 1 is 0.923 bits per heavy atom. The Labute approximate surface area is 162 Å². The lowest BCUT2D eigenvalue weighted by atomic mass is 9.86. The van der Waals surface area contributed by atoms with Crippen LogP contribution in [-0.4, -0.2) is 73.0 Å². The molecule has 0 spiro atoms. The summed E-state index contributed by atoms with van der Waals surface area (Å²) in [7, 11) is 0. The second-order valence-electron chi connectivity index (χ2n) is 8.70. The molecule has 0 atom stereocenters. The third-order valence-corrected chi connectivity index (χ3v) is 6.74. The summed E-state index contributed by atoms with van der Waals surface area (Å²) >= 11 is 0. The molecule has 0 N–H and O–H groups in total. The minimum atomic E-state index is 0.301. The lowest BCUT2D eigenvalue weighted by molar-refractivity contribution is -0.144. The van der Waals surface area contributed by atoms with E-state index in [0.717, 1.165) is 63.3 Å². The molecule has 1 amide bonds. The first kappa shape index (κ1) is 21.7. The Morgan fingerprint density at radius 3 is 1.96 bits per heavy atom. The fourth-order valence-corrected chi connectivity index (χ4v) is 4.79. The zero-order valence-corrected chi connectivity index (χ0v) is 18.0. The van der Waals surface area contributed by atoms with E-state index in [1.165, 1.54) is 32.5 Å². The quantitative estimate of drug-likeness (QED) is 0.745. The largest absolute Gasteiger partial charge is 0.342 e. The van der Waals surface area contributed by atoms with E-state index in [2.05, 4.69) is 35.5 Å². The summed E-state index contributed by atoms with van der Waals surface area (Å²) in [6.07, 6.45) is 4.86. The van der Waals surface area contributed by atoms with Crippen molar-refractivity contribution in [3.63, 3.8) is 0 Å². The van der Waals surface area contributed by atoms with Crippen molar-refractivity contribution in [2.45, 2.75) is 60.3 Å². The van der Waals surface area contributed by atoms with Gasteiger partial charge in [0.25, 0.3) is 0 Å². The molecule has 0 bridgehead atoms. The van der Waals surface area contributed by atoms with Gasteiger partial charge in [0.15, 0.2) is 0 Å². The van der Waals surface area contributed by atoms with E-state index in [-0.39, 0.29) is 0 Å². The molecule has 3 fully saturated rings. The number of carbonyl (C=O) groups excluding carboxylic acids is 1. The summed E-state index contributed by atoms with van der Waals surface area (Å²) in [6, 6.07) is 0. The van der Waals surface area contributed by atoms with Crippen molar-refractivity contribution in [3.8, 4) is 0 Å². The monoisotopic (exact) mass is 365 g/mol. The van der Waals surface area contributed by atoms with Crippen LogP contribution in [-0.2, 0) is 4.79 Å². The Morgan fingerprint density at radius 2 is 1.46 bits per heavy atom. The van der Waals surface area contributed by atoms with E-state index in [4.69, 9.17) is 0 Å². The molecule has 26 heavy (non-hydrogen) atoms. The number of hydrogen-bond acceptors (Lipinski definition) is 3. The van der Waals surface area contributed by atoms with Gasteiger partial charge in [0.2, 0.25) is 5.91 Å². The van der Waals surface area contributed by atoms with Gasteiger partial charge in [0.05, 0.1) is 0 Å². The van der Waals surface area contributed by atoms with Gasteiger partial charge in [-0.05, 0) is 70.2 Å². The van der Waals surface area contributed by atoms with E-state index in [0.29, 0.717) is 11.8 Å². The maximum absolute atomic E-state index is 12.6. The van der Waals surface area contributed by atoms with Gasteiger partial charge in [-0.1, -0.05) is 34.6 Å². The second-order valence-corrected chi connectivity index (χ2v) is 8.70. The maximum atomic E-state index is 12.6.